The molecule has 1 amide bonds. The van der Waals surface area contributed by atoms with Gasteiger partial charge in [0.25, 0.3) is 0 Å². The average Bonchev–Trinajstić information content (AvgIpc) is 2.58. The van der Waals surface area contributed by atoms with Gasteiger partial charge < -0.3 is 16.2 Å². The zero-order valence-corrected chi connectivity index (χ0v) is 10.4. The van der Waals surface area contributed by atoms with Crippen LogP contribution in [0.3, 0.4) is 0 Å². The van der Waals surface area contributed by atoms with Crippen LogP contribution in [0.2, 0.25) is 0 Å². The minimum Gasteiger partial charge on any atom is -0.481 e. The van der Waals surface area contributed by atoms with E-state index < -0.39 is 12.0 Å². The van der Waals surface area contributed by atoms with Gasteiger partial charge in [-0.25, -0.2) is 0 Å². The summed E-state index contributed by atoms with van der Waals surface area (Å²) in [7, 11) is 0. The monoisotopic (exact) mass is 248 g/mol. The van der Waals surface area contributed by atoms with Gasteiger partial charge in [-0.3, -0.25) is 9.59 Å². The number of hydrogen-bond donors (Lipinski definition) is 3. The number of carbonyl (C=O) groups is 2. The summed E-state index contributed by atoms with van der Waals surface area (Å²) in [4.78, 5) is 22.2. The summed E-state index contributed by atoms with van der Waals surface area (Å²) >= 11 is 0. The van der Waals surface area contributed by atoms with Crippen LogP contribution in [0.1, 0.15) is 34.7 Å². The van der Waals surface area contributed by atoms with E-state index in [0.29, 0.717) is 12.1 Å². The number of carboxylic acids is 1. The molecule has 0 saturated carbocycles. The summed E-state index contributed by atoms with van der Waals surface area (Å²) in [5, 5.41) is 11.6. The Kier molecular flexibility index (Phi) is 3.09. The molecule has 96 valence electrons. The quantitative estimate of drug-likeness (QED) is 0.751. The van der Waals surface area contributed by atoms with Gasteiger partial charge in [-0.2, -0.15) is 0 Å². The van der Waals surface area contributed by atoms with Crippen LogP contribution in [0, 0.1) is 13.8 Å². The molecular formula is C13H16N2O3. The summed E-state index contributed by atoms with van der Waals surface area (Å²) in [6.07, 6.45) is 0.190. The Hall–Kier alpha value is -1.88. The fourth-order valence-corrected chi connectivity index (χ4v) is 2.41. The van der Waals surface area contributed by atoms with E-state index >= 15 is 0 Å². The standard InChI is InChI=1S/C13H16N2O3/c1-6-3-8-4-10(16)15-13(8)12(7(6)2)9(14)5-11(17)18/h3,9H,4-5,14H2,1-2H3,(H,15,16)(H,17,18). The maximum Gasteiger partial charge on any atom is 0.305 e. The molecule has 2 rings (SSSR count). The van der Waals surface area contributed by atoms with Crippen molar-refractivity contribution in [3.63, 3.8) is 0 Å². The molecule has 4 N–H and O–H groups in total. The maximum atomic E-state index is 11.5. The highest BCUT2D eigenvalue weighted by Crippen LogP contribution is 2.36. The number of aliphatic carboxylic acids is 1. The highest BCUT2D eigenvalue weighted by Gasteiger charge is 2.26. The normalized spacial score (nSPS) is 15.2. The number of fused-ring (bicyclic) bond motifs is 1. The van der Waals surface area contributed by atoms with Gasteiger partial charge in [0.15, 0.2) is 0 Å². The van der Waals surface area contributed by atoms with Gasteiger partial charge in [-0.1, -0.05) is 6.07 Å². The summed E-state index contributed by atoms with van der Waals surface area (Å²) < 4.78 is 0. The molecule has 18 heavy (non-hydrogen) atoms. The number of carboxylic acid groups (broad SMARTS) is 1. The van der Waals surface area contributed by atoms with Crippen LogP contribution in [-0.4, -0.2) is 17.0 Å². The number of nitrogens with one attached hydrogen (secondary N) is 1. The first-order valence-electron chi connectivity index (χ1n) is 5.80. The van der Waals surface area contributed by atoms with E-state index in [1.807, 2.05) is 19.9 Å². The van der Waals surface area contributed by atoms with Gasteiger partial charge in [-0.05, 0) is 36.1 Å². The first-order valence-corrected chi connectivity index (χ1v) is 5.80. The molecule has 1 aliphatic rings. The second-order valence-electron chi connectivity index (χ2n) is 4.70. The van der Waals surface area contributed by atoms with Crippen LogP contribution in [0.4, 0.5) is 5.69 Å². The SMILES string of the molecule is Cc1cc2c(c(C(N)CC(=O)O)c1C)NC(=O)C2. The van der Waals surface area contributed by atoms with Crippen molar-refractivity contribution in [2.75, 3.05) is 5.32 Å². The van der Waals surface area contributed by atoms with Gasteiger partial charge in [0, 0.05) is 11.7 Å². The number of nitrogens with two attached hydrogens (primary N) is 1. The lowest BCUT2D eigenvalue weighted by molar-refractivity contribution is -0.137. The van der Waals surface area contributed by atoms with Gasteiger partial charge in [0.1, 0.15) is 0 Å². The van der Waals surface area contributed by atoms with E-state index in [4.69, 9.17) is 10.8 Å². The van der Waals surface area contributed by atoms with Crippen LogP contribution in [0.25, 0.3) is 0 Å². The molecule has 0 aliphatic carbocycles. The highest BCUT2D eigenvalue weighted by atomic mass is 16.4. The topological polar surface area (TPSA) is 92.4 Å². The molecule has 1 heterocycles. The predicted molar refractivity (Wildman–Crippen MR) is 67.4 cm³/mol. The Labute approximate surface area is 105 Å². The molecule has 5 nitrogen and oxygen atoms in total. The Morgan fingerprint density at radius 1 is 1.56 bits per heavy atom. The minimum absolute atomic E-state index is 0.0706. The number of hydrogen-bond acceptors (Lipinski definition) is 3. The van der Waals surface area contributed by atoms with Crippen molar-refractivity contribution >= 4 is 17.6 Å². The van der Waals surface area contributed by atoms with Crippen molar-refractivity contribution in [1.29, 1.82) is 0 Å². The third-order valence-electron chi connectivity index (χ3n) is 3.36. The number of carbonyl (C=O) groups excluding carboxylic acids is 1. The number of benzene rings is 1. The molecule has 0 radical (unpaired) electrons. The van der Waals surface area contributed by atoms with Crippen molar-refractivity contribution in [3.05, 3.63) is 28.3 Å². The first-order chi connectivity index (χ1) is 8.40. The summed E-state index contributed by atoms with van der Waals surface area (Å²) in [5.74, 6) is -1.01. The Morgan fingerprint density at radius 3 is 2.83 bits per heavy atom. The van der Waals surface area contributed by atoms with Crippen molar-refractivity contribution < 1.29 is 14.7 Å². The van der Waals surface area contributed by atoms with Crippen LogP contribution in [-0.2, 0) is 16.0 Å². The number of anilines is 1. The maximum absolute atomic E-state index is 11.5. The van der Waals surface area contributed by atoms with E-state index in [1.54, 1.807) is 0 Å². The first kappa shape index (κ1) is 12.6. The molecule has 5 heteroatoms. The second kappa shape index (κ2) is 4.42. The van der Waals surface area contributed by atoms with Crippen LogP contribution in [0.5, 0.6) is 0 Å². The molecule has 1 aromatic rings. The zero-order valence-electron chi connectivity index (χ0n) is 10.4. The smallest absolute Gasteiger partial charge is 0.305 e. The van der Waals surface area contributed by atoms with E-state index in [0.717, 1.165) is 22.3 Å². The lowest BCUT2D eigenvalue weighted by Gasteiger charge is -2.19. The molecule has 0 bridgehead atoms. The van der Waals surface area contributed by atoms with Crippen molar-refractivity contribution in [2.45, 2.75) is 32.7 Å². The summed E-state index contributed by atoms with van der Waals surface area (Å²) in [6.45, 7) is 3.84. The van der Waals surface area contributed by atoms with E-state index in [2.05, 4.69) is 5.32 Å². The molecule has 1 aliphatic heterocycles. The van der Waals surface area contributed by atoms with Gasteiger partial charge >= 0.3 is 5.97 Å². The molecule has 0 aromatic heterocycles. The molecule has 0 spiro atoms. The van der Waals surface area contributed by atoms with Crippen LogP contribution in [0.15, 0.2) is 6.07 Å². The van der Waals surface area contributed by atoms with Crippen molar-refractivity contribution in [1.82, 2.24) is 0 Å². The fraction of sp³-hybridized carbons (Fsp3) is 0.385. The van der Waals surface area contributed by atoms with Crippen molar-refractivity contribution in [2.24, 2.45) is 5.73 Å². The van der Waals surface area contributed by atoms with Gasteiger partial charge in [-0.15, -0.1) is 0 Å². The molecule has 1 unspecified atom stereocenters. The average molecular weight is 248 g/mol. The fourth-order valence-electron chi connectivity index (χ4n) is 2.41. The Balaban J connectivity index is 2.52. The number of aryl methyl sites for hydroxylation is 1. The third-order valence-corrected chi connectivity index (χ3v) is 3.36. The summed E-state index contributed by atoms with van der Waals surface area (Å²) in [5.41, 5.74) is 10.3. The van der Waals surface area contributed by atoms with E-state index in [-0.39, 0.29) is 12.3 Å². The Bertz CT molecular complexity index is 538. The number of amides is 1. The molecule has 0 fully saturated rings. The van der Waals surface area contributed by atoms with Gasteiger partial charge in [0.2, 0.25) is 5.91 Å². The highest BCUT2D eigenvalue weighted by molar-refractivity contribution is 6.00. The van der Waals surface area contributed by atoms with E-state index in [1.165, 1.54) is 0 Å². The third kappa shape index (κ3) is 2.09. The van der Waals surface area contributed by atoms with Crippen LogP contribution >= 0.6 is 0 Å². The minimum atomic E-state index is -0.943. The lowest BCUT2D eigenvalue weighted by atomic mass is 9.91. The second-order valence-corrected chi connectivity index (χ2v) is 4.70. The summed E-state index contributed by atoms with van der Waals surface area (Å²) in [6, 6.07) is 1.36. The molecular weight excluding hydrogens is 232 g/mol. The zero-order chi connectivity index (χ0) is 13.4. The lowest BCUT2D eigenvalue weighted by Crippen LogP contribution is -2.18. The molecule has 1 aromatic carbocycles. The largest absolute Gasteiger partial charge is 0.481 e. The molecule has 0 saturated heterocycles. The molecule has 1 atom stereocenters. The van der Waals surface area contributed by atoms with Gasteiger partial charge in [0.05, 0.1) is 12.8 Å². The Morgan fingerprint density at radius 2 is 2.22 bits per heavy atom. The van der Waals surface area contributed by atoms with Crippen LogP contribution < -0.4 is 11.1 Å². The predicted octanol–water partition coefficient (Wildman–Crippen LogP) is 1.27. The van der Waals surface area contributed by atoms with E-state index in [9.17, 15) is 9.59 Å². The van der Waals surface area contributed by atoms with Crippen molar-refractivity contribution in [3.8, 4) is 0 Å². The number of rotatable bonds is 3.